The number of Topliss-reactive ketones (excluding diaryl/α,β-unsaturated/α-hetero) is 1. The van der Waals surface area contributed by atoms with Gasteiger partial charge < -0.3 is 9.64 Å². The molecule has 0 saturated carbocycles. The molecule has 5 nitrogen and oxygen atoms in total. The summed E-state index contributed by atoms with van der Waals surface area (Å²) in [6.45, 7) is 2.61. The van der Waals surface area contributed by atoms with Crippen LogP contribution >= 0.6 is 0 Å². The third kappa shape index (κ3) is 2.82. The van der Waals surface area contributed by atoms with E-state index in [1.54, 1.807) is 48.4 Å². The number of ketones is 2. The van der Waals surface area contributed by atoms with Crippen molar-refractivity contribution in [2.45, 2.75) is 13.3 Å². The minimum Gasteiger partial charge on any atom is -0.466 e. The van der Waals surface area contributed by atoms with Crippen LogP contribution in [0.3, 0.4) is 0 Å². The fourth-order valence-electron chi connectivity index (χ4n) is 2.82. The molecule has 1 aliphatic carbocycles. The fraction of sp³-hybridized carbons (Fsp3) is 0.278. The smallest absolute Gasteiger partial charge is 0.312 e. The van der Waals surface area contributed by atoms with Crippen LogP contribution in [0, 0.1) is 5.92 Å². The van der Waals surface area contributed by atoms with Gasteiger partial charge in [-0.2, -0.15) is 0 Å². The van der Waals surface area contributed by atoms with Crippen LogP contribution in [0.4, 0.5) is 0 Å². The van der Waals surface area contributed by atoms with Crippen LogP contribution in [-0.2, 0) is 9.53 Å². The van der Waals surface area contributed by atoms with E-state index in [1.165, 1.54) is 6.08 Å². The molecule has 0 amide bonds. The molecule has 1 aromatic rings. The molecule has 0 N–H and O–H groups in total. The van der Waals surface area contributed by atoms with Gasteiger partial charge in [0.2, 0.25) is 5.78 Å². The molecule has 5 heteroatoms. The Labute approximate surface area is 134 Å². The Balaban J connectivity index is 1.82. The van der Waals surface area contributed by atoms with Crippen LogP contribution in [0.2, 0.25) is 0 Å². The first-order chi connectivity index (χ1) is 11.1. The Morgan fingerprint density at radius 2 is 2.00 bits per heavy atom. The van der Waals surface area contributed by atoms with E-state index in [1.807, 2.05) is 0 Å². The highest BCUT2D eigenvalue weighted by Crippen LogP contribution is 2.26. The van der Waals surface area contributed by atoms with Crippen LogP contribution in [0.25, 0.3) is 0 Å². The van der Waals surface area contributed by atoms with Gasteiger partial charge in [0.15, 0.2) is 5.78 Å². The molecule has 0 aromatic heterocycles. The lowest BCUT2D eigenvalue weighted by atomic mass is 9.91. The minimum atomic E-state index is -0.298. The summed E-state index contributed by atoms with van der Waals surface area (Å²) in [5.74, 6) is -0.891. The van der Waals surface area contributed by atoms with Gasteiger partial charge in [0, 0.05) is 29.9 Å². The van der Waals surface area contributed by atoms with Crippen molar-refractivity contribution < 1.29 is 19.1 Å². The van der Waals surface area contributed by atoms with Gasteiger partial charge in [-0.05, 0) is 13.3 Å². The average molecular weight is 311 g/mol. The number of rotatable bonds is 3. The molecular weight excluding hydrogens is 294 g/mol. The number of nitrogens with zero attached hydrogens (tertiary/aromatic N) is 1. The van der Waals surface area contributed by atoms with Gasteiger partial charge in [-0.1, -0.05) is 30.3 Å². The minimum absolute atomic E-state index is 0.167. The second-order valence-electron chi connectivity index (χ2n) is 5.45. The van der Waals surface area contributed by atoms with Crippen molar-refractivity contribution in [3.8, 4) is 0 Å². The number of ether oxygens (including phenoxy) is 1. The van der Waals surface area contributed by atoms with E-state index in [4.69, 9.17) is 4.74 Å². The van der Waals surface area contributed by atoms with Crippen molar-refractivity contribution >= 4 is 17.5 Å². The van der Waals surface area contributed by atoms with E-state index in [0.717, 1.165) is 0 Å². The summed E-state index contributed by atoms with van der Waals surface area (Å²) in [5.41, 5.74) is 1.22. The molecule has 118 valence electrons. The summed E-state index contributed by atoms with van der Waals surface area (Å²) in [4.78, 5) is 38.2. The van der Waals surface area contributed by atoms with Gasteiger partial charge in [0.25, 0.3) is 0 Å². The first kappa shape index (κ1) is 15.2. The Morgan fingerprint density at radius 3 is 2.65 bits per heavy atom. The maximum atomic E-state index is 12.6. The molecule has 1 atom stereocenters. The number of benzene rings is 1. The number of allylic oxidation sites excluding steroid dienone is 2. The van der Waals surface area contributed by atoms with E-state index in [2.05, 4.69) is 0 Å². The zero-order chi connectivity index (χ0) is 16.4. The Morgan fingerprint density at radius 1 is 1.26 bits per heavy atom. The summed E-state index contributed by atoms with van der Waals surface area (Å²) in [5, 5.41) is 0. The summed E-state index contributed by atoms with van der Waals surface area (Å²) in [6, 6.07) is 6.81. The molecule has 1 heterocycles. The van der Waals surface area contributed by atoms with Gasteiger partial charge in [-0.15, -0.1) is 0 Å². The summed E-state index contributed by atoms with van der Waals surface area (Å²) in [7, 11) is 0. The average Bonchev–Trinajstić information content (AvgIpc) is 2.58. The SMILES string of the molecule is CCOC(=O)C1C=CN(C2=CC(=O)c3ccccc3C2=O)CC1. The first-order valence-electron chi connectivity index (χ1n) is 7.63. The molecule has 1 aromatic carbocycles. The van der Waals surface area contributed by atoms with Crippen LogP contribution in [0.15, 0.2) is 48.3 Å². The number of esters is 1. The number of fused-ring (bicyclic) bond motifs is 1. The van der Waals surface area contributed by atoms with E-state index < -0.39 is 0 Å². The van der Waals surface area contributed by atoms with Crippen molar-refractivity contribution in [2.24, 2.45) is 5.92 Å². The molecule has 0 fully saturated rings. The highest BCUT2D eigenvalue weighted by atomic mass is 16.5. The van der Waals surface area contributed by atoms with Gasteiger partial charge in [0.05, 0.1) is 18.2 Å². The molecule has 1 unspecified atom stereocenters. The lowest BCUT2D eigenvalue weighted by molar-refractivity contribution is -0.146. The molecule has 0 saturated heterocycles. The maximum Gasteiger partial charge on any atom is 0.312 e. The summed E-state index contributed by atoms with van der Waals surface area (Å²) >= 11 is 0. The van der Waals surface area contributed by atoms with Crippen LogP contribution in [0.1, 0.15) is 34.1 Å². The standard InChI is InChI=1S/C18H17NO4/c1-2-23-18(22)12-7-9-19(10-8-12)15-11-16(20)13-5-3-4-6-14(13)17(15)21/h3-7,9,11-12H,2,8,10H2,1H3. The predicted molar refractivity (Wildman–Crippen MR) is 83.8 cm³/mol. The van der Waals surface area contributed by atoms with Crippen molar-refractivity contribution in [3.05, 3.63) is 59.4 Å². The van der Waals surface area contributed by atoms with Crippen LogP contribution < -0.4 is 0 Å². The van der Waals surface area contributed by atoms with E-state index >= 15 is 0 Å². The maximum absolute atomic E-state index is 12.6. The van der Waals surface area contributed by atoms with Crippen molar-refractivity contribution in [1.29, 1.82) is 0 Å². The molecule has 2 aliphatic rings. The van der Waals surface area contributed by atoms with Gasteiger partial charge >= 0.3 is 5.97 Å². The normalized spacial score (nSPS) is 20.1. The van der Waals surface area contributed by atoms with Gasteiger partial charge in [-0.3, -0.25) is 14.4 Å². The molecule has 0 radical (unpaired) electrons. The highest BCUT2D eigenvalue weighted by Gasteiger charge is 2.30. The van der Waals surface area contributed by atoms with Crippen molar-refractivity contribution in [3.63, 3.8) is 0 Å². The first-order valence-corrected chi connectivity index (χ1v) is 7.63. The number of carbonyl (C=O) groups is 3. The Hall–Kier alpha value is -2.69. The Bertz CT molecular complexity index is 732. The molecular formula is C18H17NO4. The summed E-state index contributed by atoms with van der Waals surface area (Å²) < 4.78 is 5.00. The molecule has 0 bridgehead atoms. The second-order valence-corrected chi connectivity index (χ2v) is 5.45. The quantitative estimate of drug-likeness (QED) is 0.802. The van der Waals surface area contributed by atoms with Gasteiger partial charge in [0.1, 0.15) is 0 Å². The van der Waals surface area contributed by atoms with E-state index in [0.29, 0.717) is 36.4 Å². The highest BCUT2D eigenvalue weighted by molar-refractivity contribution is 6.24. The topological polar surface area (TPSA) is 63.7 Å². The largest absolute Gasteiger partial charge is 0.466 e. The third-order valence-electron chi connectivity index (χ3n) is 4.02. The van der Waals surface area contributed by atoms with Crippen molar-refractivity contribution in [2.75, 3.05) is 13.2 Å². The third-order valence-corrected chi connectivity index (χ3v) is 4.02. The monoisotopic (exact) mass is 311 g/mol. The lowest BCUT2D eigenvalue weighted by Crippen LogP contribution is -2.33. The lowest BCUT2D eigenvalue weighted by Gasteiger charge is -2.29. The van der Waals surface area contributed by atoms with Crippen LogP contribution in [-0.4, -0.2) is 35.6 Å². The second kappa shape index (κ2) is 6.20. The molecule has 23 heavy (non-hydrogen) atoms. The number of hydrogen-bond donors (Lipinski definition) is 0. The molecule has 0 spiro atoms. The van der Waals surface area contributed by atoms with E-state index in [9.17, 15) is 14.4 Å². The fourth-order valence-corrected chi connectivity index (χ4v) is 2.82. The molecule has 1 aliphatic heterocycles. The molecule has 3 rings (SSSR count). The number of carbonyl (C=O) groups excluding carboxylic acids is 3. The van der Waals surface area contributed by atoms with Gasteiger partial charge in [-0.25, -0.2) is 0 Å². The predicted octanol–water partition coefficient (Wildman–Crippen LogP) is 2.35. The number of hydrogen-bond acceptors (Lipinski definition) is 5. The summed E-state index contributed by atoms with van der Waals surface area (Å²) in [6.07, 6.45) is 5.34. The van der Waals surface area contributed by atoms with Crippen molar-refractivity contribution in [1.82, 2.24) is 4.90 Å². The zero-order valence-electron chi connectivity index (χ0n) is 12.8. The van der Waals surface area contributed by atoms with E-state index in [-0.39, 0.29) is 23.5 Å². The van der Waals surface area contributed by atoms with Crippen LogP contribution in [0.5, 0.6) is 0 Å². The zero-order valence-corrected chi connectivity index (χ0v) is 12.8. The Kier molecular flexibility index (Phi) is 4.10.